The Bertz CT molecular complexity index is 1340. The van der Waals surface area contributed by atoms with E-state index in [1.165, 1.54) is 0 Å². The quantitative estimate of drug-likeness (QED) is 0.168. The van der Waals surface area contributed by atoms with E-state index in [1.807, 2.05) is 87.6 Å². The van der Waals surface area contributed by atoms with E-state index in [2.05, 4.69) is 0 Å². The first kappa shape index (κ1) is 24.5. The Morgan fingerprint density at radius 2 is 1.71 bits per heavy atom. The monoisotopic (exact) mass is 681 g/mol. The molecule has 4 aromatic rings. The summed E-state index contributed by atoms with van der Waals surface area (Å²) < 4.78 is 13.2. The lowest BCUT2D eigenvalue weighted by atomic mass is 9.98. The molecule has 8 heteroatoms. The molecule has 4 rings (SSSR count). The molecule has 1 heterocycles. The molecule has 0 fully saturated rings. The highest BCUT2D eigenvalue weighted by Gasteiger charge is 2.24. The van der Waals surface area contributed by atoms with Crippen LogP contribution >= 0.6 is 45.2 Å². The van der Waals surface area contributed by atoms with Crippen LogP contribution in [-0.2, 0) is 17.8 Å². The number of nitrogens with two attached hydrogens (primary N) is 1. The number of rotatable bonds is 9. The van der Waals surface area contributed by atoms with Gasteiger partial charge in [-0.2, -0.15) is 0 Å². The summed E-state index contributed by atoms with van der Waals surface area (Å²) in [6.07, 6.45) is 1.06. The summed E-state index contributed by atoms with van der Waals surface area (Å²) in [4.78, 5) is 24.8. The Kier molecular flexibility index (Phi) is 7.77. The molecule has 0 saturated heterocycles. The average Bonchev–Trinajstić information content (AvgIpc) is 3.18. The van der Waals surface area contributed by atoms with Gasteiger partial charge in [0.05, 0.1) is 12.7 Å². The van der Waals surface area contributed by atoms with Crippen LogP contribution in [0.5, 0.6) is 11.5 Å². The van der Waals surface area contributed by atoms with Gasteiger partial charge in [0.2, 0.25) is 5.91 Å². The molecule has 0 radical (unpaired) electrons. The maximum absolute atomic E-state index is 13.6. The van der Waals surface area contributed by atoms with E-state index in [0.717, 1.165) is 5.56 Å². The molecule has 0 bridgehead atoms. The highest BCUT2D eigenvalue weighted by atomic mass is 127. The van der Waals surface area contributed by atoms with Crippen LogP contribution < -0.4 is 10.5 Å². The highest BCUT2D eigenvalue weighted by Crippen LogP contribution is 2.34. The van der Waals surface area contributed by atoms with E-state index in [9.17, 15) is 14.7 Å². The summed E-state index contributed by atoms with van der Waals surface area (Å²) in [5.74, 6) is 0.669. The van der Waals surface area contributed by atoms with Crippen molar-refractivity contribution in [3.8, 4) is 11.5 Å². The van der Waals surface area contributed by atoms with E-state index < -0.39 is 5.91 Å². The van der Waals surface area contributed by atoms with Crippen molar-refractivity contribution in [2.24, 2.45) is 5.73 Å². The number of carbonyl (C=O) groups is 2. The number of aromatic hydroxyl groups is 1. The highest BCUT2D eigenvalue weighted by molar-refractivity contribution is 14.1. The van der Waals surface area contributed by atoms with Crippen LogP contribution in [0.2, 0.25) is 0 Å². The van der Waals surface area contributed by atoms with Crippen LogP contribution in [0, 0.1) is 7.14 Å². The molecule has 3 N–H and O–H groups in total. The smallest absolute Gasteiger partial charge is 0.217 e. The summed E-state index contributed by atoms with van der Waals surface area (Å²) in [7, 11) is 0. The lowest BCUT2D eigenvalue weighted by Gasteiger charge is -2.07. The average molecular weight is 681 g/mol. The zero-order valence-electron chi connectivity index (χ0n) is 18.0. The van der Waals surface area contributed by atoms with Gasteiger partial charge in [-0.25, -0.2) is 0 Å². The molecule has 6 nitrogen and oxygen atoms in total. The number of primary amides is 1. The number of amides is 1. The fourth-order valence-corrected chi connectivity index (χ4v) is 5.42. The maximum Gasteiger partial charge on any atom is 0.217 e. The lowest BCUT2D eigenvalue weighted by molar-refractivity contribution is -0.118. The Labute approximate surface area is 223 Å². The van der Waals surface area contributed by atoms with Crippen LogP contribution in [-0.4, -0.2) is 16.8 Å². The molecule has 3 aromatic carbocycles. The minimum Gasteiger partial charge on any atom is -0.506 e. The number of phenols is 1. The molecule has 1 amide bonds. The number of fused-ring (bicyclic) bond motifs is 1. The van der Waals surface area contributed by atoms with Crippen molar-refractivity contribution in [3.05, 3.63) is 90.3 Å². The molecule has 1 aromatic heterocycles. The van der Waals surface area contributed by atoms with E-state index in [4.69, 9.17) is 14.9 Å². The number of ketones is 1. The Morgan fingerprint density at radius 3 is 2.38 bits per heavy atom. The number of phenolic OH excluding ortho intramolecular Hbond substituents is 1. The van der Waals surface area contributed by atoms with Crippen LogP contribution in [0.15, 0.2) is 65.1 Å². The van der Waals surface area contributed by atoms with Gasteiger partial charge < -0.3 is 20.0 Å². The summed E-state index contributed by atoms with van der Waals surface area (Å²) in [6.45, 7) is 0.411. The predicted molar refractivity (Wildman–Crippen MR) is 146 cm³/mol. The molecule has 0 spiro atoms. The Hall–Kier alpha value is -2.60. The van der Waals surface area contributed by atoms with Gasteiger partial charge in [0.1, 0.15) is 29.4 Å². The predicted octanol–water partition coefficient (Wildman–Crippen LogP) is 5.97. The van der Waals surface area contributed by atoms with Crippen LogP contribution in [0.1, 0.15) is 40.1 Å². The van der Waals surface area contributed by atoms with Gasteiger partial charge >= 0.3 is 0 Å². The van der Waals surface area contributed by atoms with Gasteiger partial charge in [-0.3, -0.25) is 9.59 Å². The van der Waals surface area contributed by atoms with E-state index in [1.54, 1.807) is 18.2 Å². The standard InChI is InChI=1S/C26H21I2NO5/c27-19-11-16(12-20(28)26(19)32)25(31)24-18-10-9-17(33-14-15-5-2-1-3-6-15)13-22(18)34-21(24)7-4-8-23(29)30/h1-3,5-6,9-13,32H,4,7-8,14H2,(H2,29,30). The third kappa shape index (κ3) is 5.54. The van der Waals surface area contributed by atoms with E-state index in [0.29, 0.717) is 60.2 Å². The largest absolute Gasteiger partial charge is 0.506 e. The van der Waals surface area contributed by atoms with Crippen LogP contribution in [0.25, 0.3) is 11.0 Å². The van der Waals surface area contributed by atoms with Crippen molar-refractivity contribution >= 4 is 67.8 Å². The zero-order valence-corrected chi connectivity index (χ0v) is 22.3. The van der Waals surface area contributed by atoms with E-state index >= 15 is 0 Å². The molecular weight excluding hydrogens is 660 g/mol. The summed E-state index contributed by atoms with van der Waals surface area (Å²) >= 11 is 4.01. The second kappa shape index (κ2) is 10.8. The van der Waals surface area contributed by atoms with Crippen molar-refractivity contribution in [1.29, 1.82) is 0 Å². The van der Waals surface area contributed by atoms with Crippen molar-refractivity contribution in [2.75, 3.05) is 0 Å². The number of furan rings is 1. The number of carbonyl (C=O) groups excluding carboxylic acids is 2. The number of halogens is 2. The molecule has 0 atom stereocenters. The first-order chi connectivity index (χ1) is 16.3. The number of benzene rings is 3. The molecule has 174 valence electrons. The first-order valence-corrected chi connectivity index (χ1v) is 12.7. The van der Waals surface area contributed by atoms with Crippen molar-refractivity contribution in [1.82, 2.24) is 0 Å². The van der Waals surface area contributed by atoms with Crippen molar-refractivity contribution < 1.29 is 23.8 Å². The normalized spacial score (nSPS) is 11.0. The second-order valence-electron chi connectivity index (χ2n) is 7.77. The Balaban J connectivity index is 1.70. The Morgan fingerprint density at radius 1 is 1.00 bits per heavy atom. The van der Waals surface area contributed by atoms with E-state index in [-0.39, 0.29) is 18.0 Å². The fraction of sp³-hybridized carbons (Fsp3) is 0.154. The molecule has 34 heavy (non-hydrogen) atoms. The molecule has 0 aliphatic rings. The van der Waals surface area contributed by atoms with Gasteiger partial charge in [0, 0.05) is 29.9 Å². The van der Waals surface area contributed by atoms with Gasteiger partial charge in [0.25, 0.3) is 0 Å². The number of aryl methyl sites for hydroxylation is 1. The van der Waals surface area contributed by atoms with Crippen LogP contribution in [0.3, 0.4) is 0 Å². The minimum atomic E-state index is -0.400. The van der Waals surface area contributed by atoms with Crippen LogP contribution in [0.4, 0.5) is 0 Å². The number of ether oxygens (including phenoxy) is 1. The van der Waals surface area contributed by atoms with Gasteiger partial charge in [-0.15, -0.1) is 0 Å². The minimum absolute atomic E-state index is 0.150. The lowest BCUT2D eigenvalue weighted by Crippen LogP contribution is -2.11. The third-order valence-corrected chi connectivity index (χ3v) is 6.96. The molecule has 0 saturated carbocycles. The van der Waals surface area contributed by atoms with Gasteiger partial charge in [-0.1, -0.05) is 30.3 Å². The SMILES string of the molecule is NC(=O)CCCc1oc2cc(OCc3ccccc3)ccc2c1C(=O)c1cc(I)c(O)c(I)c1. The molecule has 0 unspecified atom stereocenters. The van der Waals surface area contributed by atoms with Gasteiger partial charge in [0.15, 0.2) is 5.78 Å². The molecule has 0 aliphatic carbocycles. The summed E-state index contributed by atoms with van der Waals surface area (Å²) in [5, 5.41) is 10.8. The van der Waals surface area contributed by atoms with Crippen molar-refractivity contribution in [2.45, 2.75) is 25.9 Å². The summed E-state index contributed by atoms with van der Waals surface area (Å²) in [6, 6.07) is 18.6. The zero-order chi connectivity index (χ0) is 24.2. The second-order valence-corrected chi connectivity index (χ2v) is 10.1. The van der Waals surface area contributed by atoms with Crippen molar-refractivity contribution in [3.63, 3.8) is 0 Å². The topological polar surface area (TPSA) is 103 Å². The molecule has 0 aliphatic heterocycles. The maximum atomic E-state index is 13.6. The van der Waals surface area contributed by atoms with Gasteiger partial charge in [-0.05, 0) is 81.4 Å². The third-order valence-electron chi connectivity index (χ3n) is 5.32. The number of hydrogen-bond acceptors (Lipinski definition) is 5. The molecular formula is C26H21I2NO5. The number of hydrogen-bond donors (Lipinski definition) is 2. The summed E-state index contributed by atoms with van der Waals surface area (Å²) in [5.41, 5.74) is 7.77. The first-order valence-electron chi connectivity index (χ1n) is 10.6. The fourth-order valence-electron chi connectivity index (χ4n) is 3.65.